The van der Waals surface area contributed by atoms with Crippen molar-refractivity contribution in [3.63, 3.8) is 0 Å². The Bertz CT molecular complexity index is 444. The van der Waals surface area contributed by atoms with Crippen LogP contribution in [0.1, 0.15) is 32.3 Å². The molecule has 1 aliphatic carbocycles. The largest absolute Gasteiger partial charge is 0.394 e. The van der Waals surface area contributed by atoms with E-state index in [1.807, 2.05) is 33.0 Å². The molecule has 1 aliphatic rings. The molecule has 0 unspecified atom stereocenters. The Morgan fingerprint density at radius 2 is 2.11 bits per heavy atom. The molecule has 0 saturated heterocycles. The molecular weight excluding hydrogens is 260 g/mol. The molecule has 0 bridgehead atoms. The number of aliphatic hydroxyl groups is 1. The zero-order valence-corrected chi connectivity index (χ0v) is 12.7. The molecule has 1 fully saturated rings. The van der Waals surface area contributed by atoms with Crippen molar-refractivity contribution in [2.24, 2.45) is 0 Å². The third-order valence-corrected chi connectivity index (χ3v) is 4.16. The Morgan fingerprint density at radius 3 is 2.68 bits per heavy atom. The highest BCUT2D eigenvalue weighted by molar-refractivity contribution is 6.33. The number of halogens is 1. The van der Waals surface area contributed by atoms with Gasteiger partial charge in [0.1, 0.15) is 0 Å². The van der Waals surface area contributed by atoms with E-state index in [9.17, 15) is 5.11 Å². The zero-order valence-electron chi connectivity index (χ0n) is 11.9. The van der Waals surface area contributed by atoms with Crippen molar-refractivity contribution in [3.8, 4) is 0 Å². The second-order valence-electron chi connectivity index (χ2n) is 5.93. The number of hydrogen-bond acceptors (Lipinski definition) is 3. The Hall–Kier alpha value is -0.770. The molecule has 1 saturated carbocycles. The van der Waals surface area contributed by atoms with Gasteiger partial charge in [-0.15, -0.1) is 0 Å². The van der Waals surface area contributed by atoms with Crippen molar-refractivity contribution in [2.75, 3.05) is 18.6 Å². The number of nitrogens with zero attached hydrogens (tertiary/aromatic N) is 1. The molecule has 1 aromatic rings. The first-order valence-corrected chi connectivity index (χ1v) is 7.19. The number of likely N-dealkylation sites (N-methyl/N-ethyl adjacent to an activating group) is 1. The fourth-order valence-corrected chi connectivity index (χ4v) is 2.35. The predicted molar refractivity (Wildman–Crippen MR) is 80.9 cm³/mol. The summed E-state index contributed by atoms with van der Waals surface area (Å²) < 4.78 is 0. The van der Waals surface area contributed by atoms with Gasteiger partial charge < -0.3 is 15.3 Å². The van der Waals surface area contributed by atoms with E-state index in [4.69, 9.17) is 11.6 Å². The van der Waals surface area contributed by atoms with Crippen molar-refractivity contribution in [3.05, 3.63) is 28.8 Å². The Morgan fingerprint density at radius 1 is 1.42 bits per heavy atom. The van der Waals surface area contributed by atoms with E-state index < -0.39 is 0 Å². The lowest BCUT2D eigenvalue weighted by atomic mass is 10.0. The molecule has 0 spiro atoms. The summed E-state index contributed by atoms with van der Waals surface area (Å²) >= 11 is 6.37. The first kappa shape index (κ1) is 14.6. The molecule has 2 N–H and O–H groups in total. The van der Waals surface area contributed by atoms with E-state index in [0.29, 0.717) is 6.04 Å². The molecule has 0 atom stereocenters. The first-order valence-electron chi connectivity index (χ1n) is 6.81. The van der Waals surface area contributed by atoms with E-state index in [2.05, 4.69) is 16.3 Å². The number of para-hydroxylation sites is 1. The highest BCUT2D eigenvalue weighted by Crippen LogP contribution is 2.33. The van der Waals surface area contributed by atoms with Crippen molar-refractivity contribution >= 4 is 17.3 Å². The average molecular weight is 283 g/mol. The third-order valence-electron chi connectivity index (χ3n) is 3.86. The van der Waals surface area contributed by atoms with E-state index in [1.165, 1.54) is 18.4 Å². The highest BCUT2D eigenvalue weighted by atomic mass is 35.5. The number of benzene rings is 1. The van der Waals surface area contributed by atoms with Gasteiger partial charge in [-0.3, -0.25) is 0 Å². The molecule has 106 valence electrons. The Balaban J connectivity index is 2.25. The zero-order chi connectivity index (χ0) is 14.0. The maximum absolute atomic E-state index is 9.54. The minimum atomic E-state index is -0.334. The molecule has 19 heavy (non-hydrogen) atoms. The second-order valence-corrected chi connectivity index (χ2v) is 6.34. The van der Waals surface area contributed by atoms with Crippen molar-refractivity contribution in [1.29, 1.82) is 0 Å². The van der Waals surface area contributed by atoms with Gasteiger partial charge >= 0.3 is 0 Å². The molecule has 3 nitrogen and oxygen atoms in total. The van der Waals surface area contributed by atoms with Crippen LogP contribution in [0.5, 0.6) is 0 Å². The summed E-state index contributed by atoms with van der Waals surface area (Å²) in [5.41, 5.74) is 1.86. The normalized spacial score (nSPS) is 15.6. The summed E-state index contributed by atoms with van der Waals surface area (Å²) in [6.45, 7) is 4.93. The molecule has 0 aliphatic heterocycles. The summed E-state index contributed by atoms with van der Waals surface area (Å²) in [6.07, 6.45) is 2.54. The third kappa shape index (κ3) is 3.41. The lowest BCUT2D eigenvalue weighted by molar-refractivity contribution is 0.216. The smallest absolute Gasteiger partial charge is 0.0658 e. The minimum Gasteiger partial charge on any atom is -0.394 e. The van der Waals surface area contributed by atoms with Crippen LogP contribution < -0.4 is 10.2 Å². The van der Waals surface area contributed by atoms with E-state index in [0.717, 1.165) is 17.3 Å². The van der Waals surface area contributed by atoms with Gasteiger partial charge in [-0.1, -0.05) is 23.7 Å². The van der Waals surface area contributed by atoms with Crippen LogP contribution in [-0.4, -0.2) is 30.3 Å². The Labute approximate surface area is 120 Å². The summed E-state index contributed by atoms with van der Waals surface area (Å²) in [4.78, 5) is 2.07. The summed E-state index contributed by atoms with van der Waals surface area (Å²) in [5.74, 6) is 0. The number of rotatable bonds is 6. The van der Waals surface area contributed by atoms with Crippen molar-refractivity contribution in [1.82, 2.24) is 5.32 Å². The lowest BCUT2D eigenvalue weighted by Gasteiger charge is -2.37. The fraction of sp³-hybridized carbons (Fsp3) is 0.600. The molecule has 0 radical (unpaired) electrons. The maximum atomic E-state index is 9.54. The van der Waals surface area contributed by atoms with Crippen LogP contribution in [-0.2, 0) is 6.54 Å². The van der Waals surface area contributed by atoms with Crippen LogP contribution in [0.15, 0.2) is 18.2 Å². The molecular formula is C15H23ClN2O. The van der Waals surface area contributed by atoms with Gasteiger partial charge in [0.25, 0.3) is 0 Å². The van der Waals surface area contributed by atoms with Gasteiger partial charge in [-0.25, -0.2) is 0 Å². The molecule has 0 aromatic heterocycles. The van der Waals surface area contributed by atoms with Gasteiger partial charge in [-0.05, 0) is 38.3 Å². The molecule has 0 amide bonds. The summed E-state index contributed by atoms with van der Waals surface area (Å²) in [6, 6.07) is 6.65. The van der Waals surface area contributed by atoms with Crippen LogP contribution in [0.3, 0.4) is 0 Å². The topological polar surface area (TPSA) is 35.5 Å². The van der Waals surface area contributed by atoms with E-state index in [1.54, 1.807) is 0 Å². The standard InChI is InChI=1S/C15H23ClN2O/c1-15(2,10-19)18(3)14-11(5-4-6-13(14)16)9-17-12-7-8-12/h4-6,12,17,19H,7-10H2,1-3H3. The predicted octanol–water partition coefficient (Wildman–Crippen LogP) is 2.80. The second kappa shape index (κ2) is 5.70. The molecule has 1 aromatic carbocycles. The fourth-order valence-electron chi connectivity index (χ4n) is 2.03. The van der Waals surface area contributed by atoms with Gasteiger partial charge in [0, 0.05) is 19.6 Å². The lowest BCUT2D eigenvalue weighted by Crippen LogP contribution is -2.45. The number of hydrogen-bond donors (Lipinski definition) is 2. The maximum Gasteiger partial charge on any atom is 0.0658 e. The van der Waals surface area contributed by atoms with Crippen LogP contribution in [0, 0.1) is 0 Å². The summed E-state index contributed by atoms with van der Waals surface area (Å²) in [5, 5.41) is 13.8. The monoisotopic (exact) mass is 282 g/mol. The van der Waals surface area contributed by atoms with E-state index >= 15 is 0 Å². The number of anilines is 1. The average Bonchev–Trinajstić information content (AvgIpc) is 3.19. The van der Waals surface area contributed by atoms with Crippen molar-refractivity contribution in [2.45, 2.75) is 44.8 Å². The minimum absolute atomic E-state index is 0.0875. The molecule has 0 heterocycles. The van der Waals surface area contributed by atoms with Crippen LogP contribution in [0.4, 0.5) is 5.69 Å². The SMILES string of the molecule is CN(c1c(Cl)cccc1CNC1CC1)C(C)(C)CO. The molecule has 2 rings (SSSR count). The van der Waals surface area contributed by atoms with Gasteiger partial charge in [0.05, 0.1) is 22.9 Å². The molecule has 4 heteroatoms. The number of aliphatic hydroxyl groups excluding tert-OH is 1. The van der Waals surface area contributed by atoms with Gasteiger partial charge in [0.15, 0.2) is 0 Å². The first-order chi connectivity index (χ1) is 8.95. The van der Waals surface area contributed by atoms with Crippen LogP contribution in [0.25, 0.3) is 0 Å². The van der Waals surface area contributed by atoms with Crippen LogP contribution >= 0.6 is 11.6 Å². The quantitative estimate of drug-likeness (QED) is 0.842. The summed E-state index contributed by atoms with van der Waals surface area (Å²) in [7, 11) is 1.98. The van der Waals surface area contributed by atoms with Crippen LogP contribution in [0.2, 0.25) is 5.02 Å². The van der Waals surface area contributed by atoms with Crippen molar-refractivity contribution < 1.29 is 5.11 Å². The van der Waals surface area contributed by atoms with Gasteiger partial charge in [0.2, 0.25) is 0 Å². The van der Waals surface area contributed by atoms with E-state index in [-0.39, 0.29) is 12.1 Å². The number of nitrogens with one attached hydrogen (secondary N) is 1. The Kier molecular flexibility index (Phi) is 4.39. The van der Waals surface area contributed by atoms with Gasteiger partial charge in [-0.2, -0.15) is 0 Å². The highest BCUT2D eigenvalue weighted by Gasteiger charge is 2.27.